The van der Waals surface area contributed by atoms with E-state index in [1.165, 1.54) is 0 Å². The number of amides is 3. The van der Waals surface area contributed by atoms with Gasteiger partial charge >= 0.3 is 5.97 Å². The predicted octanol–water partition coefficient (Wildman–Crippen LogP) is 1.70. The van der Waals surface area contributed by atoms with Gasteiger partial charge in [0.05, 0.1) is 6.42 Å². The van der Waals surface area contributed by atoms with E-state index in [9.17, 15) is 19.2 Å². The van der Waals surface area contributed by atoms with Gasteiger partial charge in [0.1, 0.15) is 6.54 Å². The van der Waals surface area contributed by atoms with Gasteiger partial charge in [-0.1, -0.05) is 44.9 Å². The molecule has 1 aliphatic carbocycles. The molecule has 1 saturated carbocycles. The van der Waals surface area contributed by atoms with Crippen LogP contribution in [-0.4, -0.2) is 47.8 Å². The molecular weight excluding hydrogens is 360 g/mol. The van der Waals surface area contributed by atoms with Crippen LogP contribution in [0.2, 0.25) is 0 Å². The van der Waals surface area contributed by atoms with Gasteiger partial charge in [0, 0.05) is 11.6 Å². The number of nitrogens with zero attached hydrogens (tertiary/aromatic N) is 1. The van der Waals surface area contributed by atoms with Crippen LogP contribution in [0, 0.1) is 11.8 Å². The number of hydrogen-bond acceptors (Lipinski definition) is 5. The maximum Gasteiger partial charge on any atom is 0.326 e. The number of ether oxygens (including phenoxy) is 1. The van der Waals surface area contributed by atoms with Gasteiger partial charge in [0.15, 0.2) is 6.61 Å². The van der Waals surface area contributed by atoms with E-state index in [0.717, 1.165) is 24.2 Å². The average molecular weight is 386 g/mol. The lowest BCUT2D eigenvalue weighted by atomic mass is 9.78. The average Bonchev–Trinajstić information content (AvgIpc) is 2.67. The Morgan fingerprint density at radius 3 is 2.71 bits per heavy atom. The summed E-state index contributed by atoms with van der Waals surface area (Å²) in [5.41, 5.74) is 1.06. The van der Waals surface area contributed by atoms with Crippen LogP contribution in [0.3, 0.4) is 0 Å². The zero-order valence-electron chi connectivity index (χ0n) is 16.3. The van der Waals surface area contributed by atoms with E-state index in [2.05, 4.69) is 19.2 Å². The van der Waals surface area contributed by atoms with Crippen molar-refractivity contribution in [3.63, 3.8) is 0 Å². The van der Waals surface area contributed by atoms with E-state index in [1.807, 2.05) is 0 Å². The van der Waals surface area contributed by atoms with Crippen LogP contribution in [0.25, 0.3) is 0 Å². The lowest BCUT2D eigenvalue weighted by Gasteiger charge is -2.34. The third kappa shape index (κ3) is 4.40. The Morgan fingerprint density at radius 2 is 1.93 bits per heavy atom. The maximum absolute atomic E-state index is 12.4. The molecule has 3 atom stereocenters. The summed E-state index contributed by atoms with van der Waals surface area (Å²) in [4.78, 5) is 49.7. The SMILES string of the molecule is C[C@@H]1[C@H](C)CCC[C@H]1NC(=O)COC(=O)CN1C(=O)Cc2ccccc2C1=O. The molecule has 150 valence electrons. The second-order valence-electron chi connectivity index (χ2n) is 7.72. The lowest BCUT2D eigenvalue weighted by Crippen LogP contribution is -2.47. The predicted molar refractivity (Wildman–Crippen MR) is 101 cm³/mol. The highest BCUT2D eigenvalue weighted by atomic mass is 16.5. The molecule has 1 heterocycles. The highest BCUT2D eigenvalue weighted by molar-refractivity contribution is 6.11. The van der Waals surface area contributed by atoms with E-state index < -0.39 is 30.9 Å². The molecule has 3 amide bonds. The summed E-state index contributed by atoms with van der Waals surface area (Å²) in [5.74, 6) is -1.19. The first-order chi connectivity index (χ1) is 13.4. The first-order valence-corrected chi connectivity index (χ1v) is 9.74. The van der Waals surface area contributed by atoms with Crippen molar-refractivity contribution in [3.05, 3.63) is 35.4 Å². The molecule has 0 aromatic heterocycles. The van der Waals surface area contributed by atoms with Gasteiger partial charge in [0.25, 0.3) is 11.8 Å². The quantitative estimate of drug-likeness (QED) is 0.614. The Hall–Kier alpha value is -2.70. The summed E-state index contributed by atoms with van der Waals surface area (Å²) < 4.78 is 5.00. The van der Waals surface area contributed by atoms with Gasteiger partial charge in [-0.2, -0.15) is 0 Å². The molecule has 1 aliphatic heterocycles. The number of imide groups is 1. The zero-order valence-corrected chi connectivity index (χ0v) is 16.3. The van der Waals surface area contributed by atoms with Crippen LogP contribution in [0.4, 0.5) is 0 Å². The second kappa shape index (κ2) is 8.54. The summed E-state index contributed by atoms with van der Waals surface area (Å²) in [6, 6.07) is 6.90. The number of nitrogens with one attached hydrogen (secondary N) is 1. The molecule has 0 unspecified atom stereocenters. The molecule has 1 aromatic rings. The summed E-state index contributed by atoms with van der Waals surface area (Å²) >= 11 is 0. The normalized spacial score (nSPS) is 24.5. The van der Waals surface area contributed by atoms with Gasteiger partial charge in [-0.15, -0.1) is 0 Å². The highest BCUT2D eigenvalue weighted by Gasteiger charge is 2.33. The summed E-state index contributed by atoms with van der Waals surface area (Å²) in [6.07, 6.45) is 3.20. The molecule has 0 saturated heterocycles. The number of fused-ring (bicyclic) bond motifs is 1. The van der Waals surface area contributed by atoms with Gasteiger partial charge in [-0.05, 0) is 29.9 Å². The van der Waals surface area contributed by atoms with Crippen LogP contribution in [0.15, 0.2) is 24.3 Å². The Bertz CT molecular complexity index is 791. The maximum atomic E-state index is 12.4. The van der Waals surface area contributed by atoms with Crippen molar-refractivity contribution in [3.8, 4) is 0 Å². The molecule has 28 heavy (non-hydrogen) atoms. The Balaban J connectivity index is 1.50. The highest BCUT2D eigenvalue weighted by Crippen LogP contribution is 2.29. The molecule has 7 nitrogen and oxygen atoms in total. The minimum absolute atomic E-state index is 0.0629. The molecule has 2 aliphatic rings. The third-order valence-electron chi connectivity index (χ3n) is 5.84. The lowest BCUT2D eigenvalue weighted by molar-refractivity contribution is -0.151. The first-order valence-electron chi connectivity index (χ1n) is 9.74. The first kappa shape index (κ1) is 20.0. The molecule has 0 bridgehead atoms. The van der Waals surface area contributed by atoms with E-state index in [4.69, 9.17) is 4.74 Å². The molecule has 7 heteroatoms. The van der Waals surface area contributed by atoms with Crippen LogP contribution in [0.1, 0.15) is 49.0 Å². The van der Waals surface area contributed by atoms with E-state index in [1.54, 1.807) is 24.3 Å². The fourth-order valence-corrected chi connectivity index (χ4v) is 3.92. The molecule has 0 radical (unpaired) electrons. The van der Waals surface area contributed by atoms with Crippen molar-refractivity contribution in [2.75, 3.05) is 13.2 Å². The second-order valence-corrected chi connectivity index (χ2v) is 7.72. The van der Waals surface area contributed by atoms with E-state index in [0.29, 0.717) is 23.0 Å². The summed E-state index contributed by atoms with van der Waals surface area (Å²) in [6.45, 7) is 3.39. The van der Waals surface area contributed by atoms with E-state index >= 15 is 0 Å². The molecule has 3 rings (SSSR count). The number of carbonyl (C=O) groups is 4. The standard InChI is InChI=1S/C21H26N2O5/c1-13-6-5-9-17(14(13)2)22-18(24)12-28-20(26)11-23-19(25)10-15-7-3-4-8-16(15)21(23)27/h3-4,7-8,13-14,17H,5-6,9-12H2,1-2H3,(H,22,24)/t13-,14-,17-/m1/s1. The van der Waals surface area contributed by atoms with Gasteiger partial charge in [0.2, 0.25) is 5.91 Å². The van der Waals surface area contributed by atoms with Gasteiger partial charge in [-0.3, -0.25) is 24.1 Å². The van der Waals surface area contributed by atoms with Crippen LogP contribution in [-0.2, 0) is 25.5 Å². The molecular formula is C21H26N2O5. The van der Waals surface area contributed by atoms with Crippen LogP contribution in [0.5, 0.6) is 0 Å². The van der Waals surface area contributed by atoms with Crippen molar-refractivity contribution >= 4 is 23.7 Å². The Morgan fingerprint density at radius 1 is 1.18 bits per heavy atom. The molecule has 1 fully saturated rings. The van der Waals surface area contributed by atoms with Crippen molar-refractivity contribution in [1.82, 2.24) is 10.2 Å². The number of benzene rings is 1. The molecule has 1 aromatic carbocycles. The molecule has 1 N–H and O–H groups in total. The number of rotatable bonds is 5. The summed E-state index contributed by atoms with van der Waals surface area (Å²) in [7, 11) is 0. The number of carbonyl (C=O) groups excluding carboxylic acids is 4. The minimum atomic E-state index is -0.777. The number of hydrogen-bond donors (Lipinski definition) is 1. The van der Waals surface area contributed by atoms with Crippen LogP contribution >= 0.6 is 0 Å². The van der Waals surface area contributed by atoms with Crippen molar-refractivity contribution in [1.29, 1.82) is 0 Å². The van der Waals surface area contributed by atoms with Crippen molar-refractivity contribution < 1.29 is 23.9 Å². The van der Waals surface area contributed by atoms with Crippen molar-refractivity contribution in [2.45, 2.75) is 45.6 Å². The largest absolute Gasteiger partial charge is 0.454 e. The van der Waals surface area contributed by atoms with Gasteiger partial charge in [-0.25, -0.2) is 0 Å². The minimum Gasteiger partial charge on any atom is -0.454 e. The summed E-state index contributed by atoms with van der Waals surface area (Å²) in [5, 5.41) is 2.92. The smallest absolute Gasteiger partial charge is 0.326 e. The Labute approximate surface area is 164 Å². The van der Waals surface area contributed by atoms with Gasteiger partial charge < -0.3 is 10.1 Å². The van der Waals surface area contributed by atoms with E-state index in [-0.39, 0.29) is 18.4 Å². The molecule has 0 spiro atoms. The third-order valence-corrected chi connectivity index (χ3v) is 5.84. The zero-order chi connectivity index (χ0) is 20.3. The fraction of sp³-hybridized carbons (Fsp3) is 0.524. The topological polar surface area (TPSA) is 92.8 Å². The van der Waals surface area contributed by atoms with Crippen molar-refractivity contribution in [2.24, 2.45) is 11.8 Å². The monoisotopic (exact) mass is 386 g/mol. The van der Waals surface area contributed by atoms with Crippen LogP contribution < -0.4 is 5.32 Å². The fourth-order valence-electron chi connectivity index (χ4n) is 3.92. The Kier molecular flexibility index (Phi) is 6.11. The number of esters is 1.